The van der Waals surface area contributed by atoms with E-state index < -0.39 is 0 Å². The second-order valence-electron chi connectivity index (χ2n) is 9.87. The number of urea groups is 1. The highest BCUT2D eigenvalue weighted by Gasteiger charge is 2.47. The topological polar surface area (TPSA) is 81.4 Å². The number of carbonyl (C=O) groups excluding carboxylic acids is 1. The number of nitrogens with one attached hydrogen (secondary N) is 2. The molecule has 6 nitrogen and oxygen atoms in total. The molecule has 1 heterocycles. The fraction of sp³-hybridized carbons (Fsp3) is 0.448. The van der Waals surface area contributed by atoms with Gasteiger partial charge in [-0.3, -0.25) is 9.98 Å². The van der Waals surface area contributed by atoms with Crippen LogP contribution in [0.3, 0.4) is 0 Å². The van der Waals surface area contributed by atoms with Gasteiger partial charge in [-0.15, -0.1) is 0 Å². The Kier molecular flexibility index (Phi) is 7.79. The fourth-order valence-electron chi connectivity index (χ4n) is 5.78. The van der Waals surface area contributed by atoms with Crippen molar-refractivity contribution in [1.29, 1.82) is 5.41 Å². The summed E-state index contributed by atoms with van der Waals surface area (Å²) in [5.41, 5.74) is 4.34. The monoisotopic (exact) mass is 471 g/mol. The molecule has 0 radical (unpaired) electrons. The first-order valence-corrected chi connectivity index (χ1v) is 12.8. The van der Waals surface area contributed by atoms with Gasteiger partial charge in [0.25, 0.3) is 0 Å². The van der Waals surface area contributed by atoms with E-state index in [0.717, 1.165) is 42.6 Å². The second kappa shape index (κ2) is 11.0. The molecule has 2 aliphatic rings. The second-order valence-corrected chi connectivity index (χ2v) is 9.87. The number of fused-ring (bicyclic) bond motifs is 1. The molecule has 0 saturated heterocycles. The molecule has 0 bridgehead atoms. The third-order valence-electron chi connectivity index (χ3n) is 7.92. The Bertz CT molecular complexity index is 1080. The third kappa shape index (κ3) is 5.37. The first-order chi connectivity index (χ1) is 17.0. The third-order valence-corrected chi connectivity index (χ3v) is 7.92. The minimum absolute atomic E-state index is 0.00493. The van der Waals surface area contributed by atoms with Crippen molar-refractivity contribution in [2.24, 2.45) is 22.2 Å². The molecule has 2 N–H and O–H groups in total. The number of nitrogens with zero attached hydrogens (tertiary/aromatic N) is 3. The van der Waals surface area contributed by atoms with Gasteiger partial charge in [0.2, 0.25) is 0 Å². The van der Waals surface area contributed by atoms with E-state index in [4.69, 9.17) is 10.4 Å². The molecular formula is C29H37N5O. The minimum Gasteiger partial charge on any atom is -0.331 e. The summed E-state index contributed by atoms with van der Waals surface area (Å²) in [4.78, 5) is 23.8. The molecule has 1 aromatic carbocycles. The molecule has 6 heteroatoms. The molecule has 0 aliphatic heterocycles. The number of aromatic nitrogens is 1. The van der Waals surface area contributed by atoms with Crippen LogP contribution in [0.5, 0.6) is 0 Å². The van der Waals surface area contributed by atoms with E-state index >= 15 is 0 Å². The highest BCUT2D eigenvalue weighted by atomic mass is 16.2. The van der Waals surface area contributed by atoms with E-state index in [1.54, 1.807) is 18.6 Å². The predicted octanol–water partition coefficient (Wildman–Crippen LogP) is 6.35. The number of hydrogen-bond acceptors (Lipinski definition) is 4. The van der Waals surface area contributed by atoms with Gasteiger partial charge in [0.1, 0.15) is 0 Å². The van der Waals surface area contributed by atoms with Crippen LogP contribution >= 0.6 is 0 Å². The summed E-state index contributed by atoms with van der Waals surface area (Å²) in [6.07, 6.45) is 11.2. The number of amides is 2. The maximum atomic E-state index is 13.0. The Morgan fingerprint density at radius 1 is 1.26 bits per heavy atom. The molecule has 1 fully saturated rings. The largest absolute Gasteiger partial charge is 0.331 e. The lowest BCUT2D eigenvalue weighted by molar-refractivity contribution is 0.184. The summed E-state index contributed by atoms with van der Waals surface area (Å²) < 4.78 is 0. The van der Waals surface area contributed by atoms with Gasteiger partial charge in [0, 0.05) is 37.1 Å². The molecule has 2 amide bonds. The van der Waals surface area contributed by atoms with Gasteiger partial charge in [-0.1, -0.05) is 42.8 Å². The summed E-state index contributed by atoms with van der Waals surface area (Å²) in [7, 11) is 0. The Labute approximate surface area is 209 Å². The van der Waals surface area contributed by atoms with Gasteiger partial charge < -0.3 is 15.6 Å². The highest BCUT2D eigenvalue weighted by molar-refractivity contribution is 6.07. The fourth-order valence-corrected chi connectivity index (χ4v) is 5.78. The number of aliphatic imine (C=N–C) groups is 1. The molecule has 0 spiro atoms. The van der Waals surface area contributed by atoms with Crippen LogP contribution in [0.1, 0.15) is 58.1 Å². The van der Waals surface area contributed by atoms with Gasteiger partial charge in [-0.25, -0.2) is 4.79 Å². The average molecular weight is 472 g/mol. The van der Waals surface area contributed by atoms with Gasteiger partial charge >= 0.3 is 6.03 Å². The van der Waals surface area contributed by atoms with Crippen LogP contribution in [0, 0.1) is 22.7 Å². The average Bonchev–Trinajstić information content (AvgIpc) is 3.20. The smallest absolute Gasteiger partial charge is 0.317 e. The van der Waals surface area contributed by atoms with E-state index in [2.05, 4.69) is 35.4 Å². The van der Waals surface area contributed by atoms with Crippen molar-refractivity contribution in [2.75, 3.05) is 13.1 Å². The van der Waals surface area contributed by atoms with Crippen LogP contribution in [0.4, 0.5) is 10.5 Å². The molecule has 4 atom stereocenters. The number of rotatable bonds is 8. The minimum atomic E-state index is -0.0469. The van der Waals surface area contributed by atoms with E-state index in [0.29, 0.717) is 19.0 Å². The van der Waals surface area contributed by atoms with Gasteiger partial charge in [-0.05, 0) is 74.6 Å². The number of hydrogen-bond donors (Lipinski definition) is 2. The zero-order chi connectivity index (χ0) is 24.8. The molecule has 1 saturated carbocycles. The quantitative estimate of drug-likeness (QED) is 0.440. The highest BCUT2D eigenvalue weighted by Crippen LogP contribution is 2.56. The van der Waals surface area contributed by atoms with E-state index in [9.17, 15) is 4.79 Å². The van der Waals surface area contributed by atoms with Crippen molar-refractivity contribution < 1.29 is 4.79 Å². The van der Waals surface area contributed by atoms with E-state index in [1.165, 1.54) is 5.57 Å². The van der Waals surface area contributed by atoms with Crippen molar-refractivity contribution in [2.45, 2.75) is 52.5 Å². The van der Waals surface area contributed by atoms with Crippen LogP contribution in [0.15, 0.2) is 71.5 Å². The molecule has 2 aromatic rings. The predicted molar refractivity (Wildman–Crippen MR) is 142 cm³/mol. The zero-order valence-corrected chi connectivity index (χ0v) is 21.1. The van der Waals surface area contributed by atoms with Crippen LogP contribution in [-0.4, -0.2) is 40.9 Å². The number of pyridine rings is 1. The number of allylic oxidation sites excluding steroid dienone is 2. The molecular weight excluding hydrogens is 434 g/mol. The van der Waals surface area contributed by atoms with Crippen LogP contribution in [0.25, 0.3) is 0 Å². The summed E-state index contributed by atoms with van der Waals surface area (Å²) in [6.45, 7) is 7.76. The Balaban J connectivity index is 1.60. The number of carbonyl (C=O) groups is 1. The maximum absolute atomic E-state index is 13.0. The molecule has 184 valence electrons. The Morgan fingerprint density at radius 2 is 2.03 bits per heavy atom. The van der Waals surface area contributed by atoms with E-state index in [1.807, 2.05) is 49.1 Å². The lowest BCUT2D eigenvalue weighted by atomic mass is 9.65. The maximum Gasteiger partial charge on any atom is 0.317 e. The Morgan fingerprint density at radius 3 is 2.69 bits per heavy atom. The van der Waals surface area contributed by atoms with Crippen LogP contribution < -0.4 is 5.32 Å². The summed E-state index contributed by atoms with van der Waals surface area (Å²) in [5.74, 6) is 0.392. The summed E-state index contributed by atoms with van der Waals surface area (Å²) >= 11 is 0. The standard InChI is InChI=1S/C29H37N5O/c1-4-34(5-2)28(35)33-26(21-10-7-6-8-11-21)16-23-13-14-24-17-27(22(19-30)18-29(23,24)3)32-25-12-9-15-31-20-25/h6-12,15,17,19-20,22-23,26,30H,4-5,13-14,16,18H2,1-3H3,(H,33,35). The lowest BCUT2D eigenvalue weighted by Crippen LogP contribution is -2.43. The van der Waals surface area contributed by atoms with Crippen molar-refractivity contribution in [1.82, 2.24) is 15.2 Å². The van der Waals surface area contributed by atoms with Gasteiger partial charge in [-0.2, -0.15) is 0 Å². The molecule has 2 aliphatic carbocycles. The SMILES string of the molecule is CCN(CC)C(=O)NC(CC1CCC2=CC(=Nc3cccnc3)C(C=N)CC21C)c1ccccc1. The molecule has 35 heavy (non-hydrogen) atoms. The van der Waals surface area contributed by atoms with E-state index in [-0.39, 0.29) is 23.4 Å². The first kappa shape index (κ1) is 24.8. The molecule has 4 rings (SSSR count). The lowest BCUT2D eigenvalue weighted by Gasteiger charge is -2.40. The molecule has 1 aromatic heterocycles. The normalized spacial score (nSPS) is 25.5. The number of benzene rings is 1. The van der Waals surface area contributed by atoms with Gasteiger partial charge in [0.15, 0.2) is 0 Å². The summed E-state index contributed by atoms with van der Waals surface area (Å²) in [5, 5.41) is 11.5. The van der Waals surface area contributed by atoms with Crippen molar-refractivity contribution in [3.8, 4) is 0 Å². The van der Waals surface area contributed by atoms with Gasteiger partial charge in [0.05, 0.1) is 17.9 Å². The molecule has 4 unspecified atom stereocenters. The zero-order valence-electron chi connectivity index (χ0n) is 21.1. The van der Waals surface area contributed by atoms with Crippen molar-refractivity contribution in [3.05, 3.63) is 72.1 Å². The Hall–Kier alpha value is -3.28. The van der Waals surface area contributed by atoms with Crippen LogP contribution in [0.2, 0.25) is 0 Å². The first-order valence-electron chi connectivity index (χ1n) is 12.8. The summed E-state index contributed by atoms with van der Waals surface area (Å²) in [6, 6.07) is 14.1. The van der Waals surface area contributed by atoms with Crippen molar-refractivity contribution >= 4 is 23.6 Å². The van der Waals surface area contributed by atoms with Crippen molar-refractivity contribution in [3.63, 3.8) is 0 Å². The van der Waals surface area contributed by atoms with Crippen LogP contribution in [-0.2, 0) is 0 Å².